The monoisotopic (exact) mass is 231 g/mol. The molecule has 0 radical (unpaired) electrons. The van der Waals surface area contributed by atoms with E-state index >= 15 is 0 Å². The number of rotatable bonds is 5. The first-order valence-corrected chi connectivity index (χ1v) is 7.12. The van der Waals surface area contributed by atoms with E-state index in [9.17, 15) is 0 Å². The molecule has 0 saturated heterocycles. The smallest absolute Gasteiger partial charge is 0.0438 e. The maximum absolute atomic E-state index is 6.81. The van der Waals surface area contributed by atoms with Crippen molar-refractivity contribution in [1.29, 1.82) is 0 Å². The minimum atomic E-state index is -0.0756. The zero-order chi connectivity index (χ0) is 12.1. The van der Waals surface area contributed by atoms with Gasteiger partial charge in [0, 0.05) is 5.54 Å². The van der Waals surface area contributed by atoms with Crippen molar-refractivity contribution in [3.8, 4) is 0 Å². The molecule has 0 aromatic heterocycles. The summed E-state index contributed by atoms with van der Waals surface area (Å²) in [5.41, 5.74) is 8.08. The van der Waals surface area contributed by atoms with Gasteiger partial charge in [-0.3, -0.25) is 0 Å². The molecule has 2 rings (SSSR count). The molecule has 1 atom stereocenters. The first-order chi connectivity index (χ1) is 8.27. The van der Waals surface area contributed by atoms with Gasteiger partial charge >= 0.3 is 0 Å². The SMILES string of the molecule is CCCCC(N)(c1ccccc1)C1CCCC1. The summed E-state index contributed by atoms with van der Waals surface area (Å²) in [5.74, 6) is 0.691. The number of unbranched alkanes of at least 4 members (excludes halogenated alkanes) is 1. The number of hydrogen-bond donors (Lipinski definition) is 1. The number of nitrogens with two attached hydrogens (primary N) is 1. The molecule has 1 saturated carbocycles. The van der Waals surface area contributed by atoms with Crippen molar-refractivity contribution in [3.63, 3.8) is 0 Å². The van der Waals surface area contributed by atoms with E-state index in [0.29, 0.717) is 5.92 Å². The molecule has 1 aromatic carbocycles. The maximum Gasteiger partial charge on any atom is 0.0438 e. The van der Waals surface area contributed by atoms with Gasteiger partial charge in [-0.2, -0.15) is 0 Å². The molecule has 0 aliphatic heterocycles. The van der Waals surface area contributed by atoms with E-state index in [1.54, 1.807) is 0 Å². The Morgan fingerprint density at radius 2 is 1.82 bits per heavy atom. The van der Waals surface area contributed by atoms with Crippen LogP contribution in [0.4, 0.5) is 0 Å². The van der Waals surface area contributed by atoms with Gasteiger partial charge in [-0.05, 0) is 30.7 Å². The van der Waals surface area contributed by atoms with Crippen LogP contribution in [0.3, 0.4) is 0 Å². The predicted octanol–water partition coefficient (Wildman–Crippen LogP) is 4.22. The van der Waals surface area contributed by atoms with E-state index in [2.05, 4.69) is 37.3 Å². The normalized spacial score (nSPS) is 20.4. The lowest BCUT2D eigenvalue weighted by Crippen LogP contribution is -2.43. The quantitative estimate of drug-likeness (QED) is 0.806. The molecule has 2 N–H and O–H groups in total. The lowest BCUT2D eigenvalue weighted by atomic mass is 9.74. The van der Waals surface area contributed by atoms with Gasteiger partial charge < -0.3 is 5.73 Å². The second-order valence-corrected chi connectivity index (χ2v) is 5.49. The van der Waals surface area contributed by atoms with Gasteiger partial charge in [0.1, 0.15) is 0 Å². The Labute approximate surface area is 105 Å². The highest BCUT2D eigenvalue weighted by Crippen LogP contribution is 2.41. The van der Waals surface area contributed by atoms with E-state index in [1.165, 1.54) is 44.1 Å². The summed E-state index contributed by atoms with van der Waals surface area (Å²) in [5, 5.41) is 0. The standard InChI is InChI=1S/C16H25N/c1-2-3-13-16(17,15-11-7-8-12-15)14-9-5-4-6-10-14/h4-6,9-10,15H,2-3,7-8,11-13,17H2,1H3. The van der Waals surface area contributed by atoms with Gasteiger partial charge in [-0.1, -0.05) is 62.9 Å². The summed E-state index contributed by atoms with van der Waals surface area (Å²) in [7, 11) is 0. The van der Waals surface area contributed by atoms with E-state index in [-0.39, 0.29) is 5.54 Å². The van der Waals surface area contributed by atoms with E-state index in [4.69, 9.17) is 5.73 Å². The van der Waals surface area contributed by atoms with Crippen molar-refractivity contribution in [3.05, 3.63) is 35.9 Å². The summed E-state index contributed by atoms with van der Waals surface area (Å²) in [6, 6.07) is 10.8. The summed E-state index contributed by atoms with van der Waals surface area (Å²) in [6.45, 7) is 2.25. The molecule has 0 heterocycles. The molecule has 1 fully saturated rings. The first kappa shape index (κ1) is 12.6. The molecular formula is C16H25N. The van der Waals surface area contributed by atoms with Crippen LogP contribution in [0.15, 0.2) is 30.3 Å². The second kappa shape index (κ2) is 5.68. The number of benzene rings is 1. The Morgan fingerprint density at radius 1 is 1.18 bits per heavy atom. The number of hydrogen-bond acceptors (Lipinski definition) is 1. The summed E-state index contributed by atoms with van der Waals surface area (Å²) in [4.78, 5) is 0. The zero-order valence-electron chi connectivity index (χ0n) is 11.0. The van der Waals surface area contributed by atoms with Gasteiger partial charge in [0.2, 0.25) is 0 Å². The molecular weight excluding hydrogens is 206 g/mol. The van der Waals surface area contributed by atoms with Gasteiger partial charge in [0.25, 0.3) is 0 Å². The Balaban J connectivity index is 2.22. The summed E-state index contributed by atoms with van der Waals surface area (Å²) < 4.78 is 0. The summed E-state index contributed by atoms with van der Waals surface area (Å²) in [6.07, 6.45) is 8.97. The molecule has 1 nitrogen and oxygen atoms in total. The molecule has 1 aliphatic rings. The van der Waals surface area contributed by atoms with Crippen LogP contribution in [0.25, 0.3) is 0 Å². The van der Waals surface area contributed by atoms with Crippen LogP contribution in [0.5, 0.6) is 0 Å². The fraction of sp³-hybridized carbons (Fsp3) is 0.625. The highest BCUT2D eigenvalue weighted by molar-refractivity contribution is 5.25. The van der Waals surface area contributed by atoms with Gasteiger partial charge in [-0.25, -0.2) is 0 Å². The van der Waals surface area contributed by atoms with Crippen molar-refractivity contribution in [1.82, 2.24) is 0 Å². The fourth-order valence-corrected chi connectivity index (χ4v) is 3.24. The van der Waals surface area contributed by atoms with Crippen LogP contribution in [-0.2, 0) is 5.54 Å². The van der Waals surface area contributed by atoms with E-state index < -0.39 is 0 Å². The minimum absolute atomic E-state index is 0.0756. The molecule has 1 aromatic rings. The molecule has 17 heavy (non-hydrogen) atoms. The van der Waals surface area contributed by atoms with Crippen molar-refractivity contribution in [2.75, 3.05) is 0 Å². The van der Waals surface area contributed by atoms with Crippen molar-refractivity contribution < 1.29 is 0 Å². The van der Waals surface area contributed by atoms with Gasteiger partial charge in [0.15, 0.2) is 0 Å². The largest absolute Gasteiger partial charge is 0.321 e. The van der Waals surface area contributed by atoms with Gasteiger partial charge in [-0.15, -0.1) is 0 Å². The molecule has 1 heteroatoms. The average Bonchev–Trinajstić information content (AvgIpc) is 2.91. The Kier molecular flexibility index (Phi) is 4.22. The van der Waals surface area contributed by atoms with Crippen LogP contribution in [0, 0.1) is 5.92 Å². The fourth-order valence-electron chi connectivity index (χ4n) is 3.24. The maximum atomic E-state index is 6.81. The molecule has 0 spiro atoms. The molecule has 1 unspecified atom stereocenters. The Morgan fingerprint density at radius 3 is 2.41 bits per heavy atom. The van der Waals surface area contributed by atoms with Crippen LogP contribution in [0.1, 0.15) is 57.4 Å². The van der Waals surface area contributed by atoms with Crippen LogP contribution < -0.4 is 5.73 Å². The Bertz CT molecular complexity index is 327. The molecule has 0 bridgehead atoms. The van der Waals surface area contributed by atoms with Gasteiger partial charge in [0.05, 0.1) is 0 Å². The minimum Gasteiger partial charge on any atom is -0.321 e. The lowest BCUT2D eigenvalue weighted by molar-refractivity contribution is 0.253. The molecule has 94 valence electrons. The highest BCUT2D eigenvalue weighted by Gasteiger charge is 2.37. The first-order valence-electron chi connectivity index (χ1n) is 7.12. The third-order valence-corrected chi connectivity index (χ3v) is 4.34. The van der Waals surface area contributed by atoms with Crippen LogP contribution in [-0.4, -0.2) is 0 Å². The zero-order valence-corrected chi connectivity index (χ0v) is 11.0. The van der Waals surface area contributed by atoms with Crippen LogP contribution in [0.2, 0.25) is 0 Å². The van der Waals surface area contributed by atoms with Crippen LogP contribution >= 0.6 is 0 Å². The van der Waals surface area contributed by atoms with E-state index in [0.717, 1.165) is 6.42 Å². The Hall–Kier alpha value is -0.820. The second-order valence-electron chi connectivity index (χ2n) is 5.49. The average molecular weight is 231 g/mol. The topological polar surface area (TPSA) is 26.0 Å². The summed E-state index contributed by atoms with van der Waals surface area (Å²) >= 11 is 0. The molecule has 0 amide bonds. The predicted molar refractivity (Wildman–Crippen MR) is 73.8 cm³/mol. The van der Waals surface area contributed by atoms with Crippen molar-refractivity contribution in [2.24, 2.45) is 11.7 Å². The lowest BCUT2D eigenvalue weighted by Gasteiger charge is -2.36. The third-order valence-electron chi connectivity index (χ3n) is 4.34. The highest BCUT2D eigenvalue weighted by atomic mass is 14.8. The van der Waals surface area contributed by atoms with Crippen molar-refractivity contribution in [2.45, 2.75) is 57.4 Å². The molecule has 1 aliphatic carbocycles. The van der Waals surface area contributed by atoms with Crippen molar-refractivity contribution >= 4 is 0 Å². The third kappa shape index (κ3) is 2.71. The van der Waals surface area contributed by atoms with E-state index in [1.807, 2.05) is 0 Å².